The lowest BCUT2D eigenvalue weighted by Crippen LogP contribution is -2.36. The standard InChI is InChI=1S/C17H14Cl2N2O2/c18-13-8-6-11(14(19)10-13)7-9-15(22)21-16(17(20)23)12-4-2-1-3-5-12/h1-10,16H,(H2,20,23)(H,21,22)/b9-7+. The van der Waals surface area contributed by atoms with E-state index in [9.17, 15) is 9.59 Å². The van der Waals surface area contributed by atoms with E-state index in [0.29, 0.717) is 21.2 Å². The average molecular weight is 349 g/mol. The number of nitrogens with one attached hydrogen (secondary N) is 1. The molecule has 4 nitrogen and oxygen atoms in total. The van der Waals surface area contributed by atoms with Crippen LogP contribution < -0.4 is 11.1 Å². The molecule has 0 aromatic heterocycles. The predicted molar refractivity (Wildman–Crippen MR) is 92.0 cm³/mol. The van der Waals surface area contributed by atoms with Crippen molar-refractivity contribution in [2.75, 3.05) is 0 Å². The summed E-state index contributed by atoms with van der Waals surface area (Å²) < 4.78 is 0. The Hall–Kier alpha value is -2.30. The van der Waals surface area contributed by atoms with Gasteiger partial charge in [-0.05, 0) is 29.3 Å². The fraction of sp³-hybridized carbons (Fsp3) is 0.0588. The second-order valence-electron chi connectivity index (χ2n) is 4.75. The van der Waals surface area contributed by atoms with Crippen LogP contribution in [0.15, 0.2) is 54.6 Å². The van der Waals surface area contributed by atoms with Gasteiger partial charge in [-0.15, -0.1) is 0 Å². The van der Waals surface area contributed by atoms with E-state index in [0.717, 1.165) is 0 Å². The molecule has 0 aliphatic rings. The molecule has 0 aliphatic carbocycles. The number of rotatable bonds is 5. The number of nitrogens with two attached hydrogens (primary N) is 1. The molecular weight excluding hydrogens is 335 g/mol. The SMILES string of the molecule is NC(=O)C(NC(=O)/C=C/c1ccc(Cl)cc1Cl)c1ccccc1. The molecule has 2 aromatic rings. The fourth-order valence-electron chi connectivity index (χ4n) is 1.96. The van der Waals surface area contributed by atoms with E-state index in [4.69, 9.17) is 28.9 Å². The van der Waals surface area contributed by atoms with E-state index in [-0.39, 0.29) is 0 Å². The van der Waals surface area contributed by atoms with Gasteiger partial charge in [0.2, 0.25) is 11.8 Å². The quantitative estimate of drug-likeness (QED) is 0.813. The molecule has 0 fully saturated rings. The summed E-state index contributed by atoms with van der Waals surface area (Å²) in [5, 5.41) is 3.50. The van der Waals surface area contributed by atoms with E-state index in [1.54, 1.807) is 42.5 Å². The number of hydrogen-bond acceptors (Lipinski definition) is 2. The third-order valence-electron chi connectivity index (χ3n) is 3.08. The number of carbonyl (C=O) groups is 2. The van der Waals surface area contributed by atoms with E-state index < -0.39 is 17.9 Å². The summed E-state index contributed by atoms with van der Waals surface area (Å²) in [6.07, 6.45) is 2.82. The van der Waals surface area contributed by atoms with Crippen molar-refractivity contribution in [2.24, 2.45) is 5.73 Å². The maximum absolute atomic E-state index is 12.0. The zero-order valence-electron chi connectivity index (χ0n) is 12.0. The van der Waals surface area contributed by atoms with E-state index >= 15 is 0 Å². The summed E-state index contributed by atoms with van der Waals surface area (Å²) >= 11 is 11.8. The monoisotopic (exact) mass is 348 g/mol. The molecule has 2 amide bonds. The summed E-state index contributed by atoms with van der Waals surface area (Å²) in [4.78, 5) is 23.6. The van der Waals surface area contributed by atoms with Gasteiger partial charge in [-0.25, -0.2) is 0 Å². The average Bonchev–Trinajstić information content (AvgIpc) is 2.52. The predicted octanol–water partition coefficient (Wildman–Crippen LogP) is 3.35. The summed E-state index contributed by atoms with van der Waals surface area (Å²) in [5.41, 5.74) is 6.61. The van der Waals surface area contributed by atoms with Crippen molar-refractivity contribution in [3.8, 4) is 0 Å². The van der Waals surface area contributed by atoms with Crippen LogP contribution in [0.4, 0.5) is 0 Å². The maximum Gasteiger partial charge on any atom is 0.244 e. The zero-order chi connectivity index (χ0) is 16.8. The highest BCUT2D eigenvalue weighted by Gasteiger charge is 2.18. The maximum atomic E-state index is 12.0. The van der Waals surface area contributed by atoms with Crippen LogP contribution in [0.5, 0.6) is 0 Å². The highest BCUT2D eigenvalue weighted by atomic mass is 35.5. The van der Waals surface area contributed by atoms with Crippen molar-refractivity contribution in [3.63, 3.8) is 0 Å². The van der Waals surface area contributed by atoms with E-state index in [1.807, 2.05) is 6.07 Å². The second kappa shape index (κ2) is 7.81. The molecule has 0 bridgehead atoms. The fourth-order valence-corrected chi connectivity index (χ4v) is 2.43. The molecule has 2 rings (SSSR count). The van der Waals surface area contributed by atoms with Gasteiger partial charge in [-0.3, -0.25) is 9.59 Å². The van der Waals surface area contributed by atoms with E-state index in [1.165, 1.54) is 12.2 Å². The molecular formula is C17H14Cl2N2O2. The van der Waals surface area contributed by atoms with Crippen molar-refractivity contribution in [2.45, 2.75) is 6.04 Å². The molecule has 2 aromatic carbocycles. The Kier molecular flexibility index (Phi) is 5.79. The molecule has 23 heavy (non-hydrogen) atoms. The van der Waals surface area contributed by atoms with Crippen molar-refractivity contribution >= 4 is 41.1 Å². The number of halogens is 2. The Labute approximate surface area is 143 Å². The second-order valence-corrected chi connectivity index (χ2v) is 5.60. The molecule has 0 aliphatic heterocycles. The zero-order valence-corrected chi connectivity index (χ0v) is 13.5. The van der Waals surface area contributed by atoms with E-state index in [2.05, 4.69) is 5.32 Å². The lowest BCUT2D eigenvalue weighted by Gasteiger charge is -2.14. The highest BCUT2D eigenvalue weighted by molar-refractivity contribution is 6.35. The minimum absolute atomic E-state index is 0.427. The molecule has 0 spiro atoms. The lowest BCUT2D eigenvalue weighted by atomic mass is 10.1. The van der Waals surface area contributed by atoms with Crippen LogP contribution in [-0.2, 0) is 9.59 Å². The first-order valence-electron chi connectivity index (χ1n) is 6.75. The van der Waals surface area contributed by atoms with Crippen molar-refractivity contribution in [1.29, 1.82) is 0 Å². The van der Waals surface area contributed by atoms with Gasteiger partial charge in [0.25, 0.3) is 0 Å². The lowest BCUT2D eigenvalue weighted by molar-refractivity contribution is -0.125. The third kappa shape index (κ3) is 4.84. The highest BCUT2D eigenvalue weighted by Crippen LogP contribution is 2.22. The first kappa shape index (κ1) is 17.1. The number of primary amides is 1. The molecule has 0 heterocycles. The van der Waals surface area contributed by atoms with Gasteiger partial charge >= 0.3 is 0 Å². The topological polar surface area (TPSA) is 72.2 Å². The van der Waals surface area contributed by atoms with Gasteiger partial charge in [0.05, 0.1) is 0 Å². The molecule has 118 valence electrons. The first-order valence-corrected chi connectivity index (χ1v) is 7.51. The molecule has 3 N–H and O–H groups in total. The van der Waals surface area contributed by atoms with Gasteiger partial charge in [0.1, 0.15) is 6.04 Å². The van der Waals surface area contributed by atoms with Crippen LogP contribution in [0.25, 0.3) is 6.08 Å². The van der Waals surface area contributed by atoms with Gasteiger partial charge in [-0.1, -0.05) is 59.6 Å². The number of benzene rings is 2. The molecule has 1 atom stereocenters. The molecule has 1 unspecified atom stereocenters. The number of carbonyl (C=O) groups excluding carboxylic acids is 2. The van der Waals surface area contributed by atoms with Crippen LogP contribution in [0.3, 0.4) is 0 Å². The van der Waals surface area contributed by atoms with Crippen LogP contribution in [0.1, 0.15) is 17.2 Å². The minimum Gasteiger partial charge on any atom is -0.368 e. The minimum atomic E-state index is -0.894. The Balaban J connectivity index is 2.10. The Morgan fingerprint density at radius 1 is 1.09 bits per heavy atom. The number of amides is 2. The van der Waals surface area contributed by atoms with Gasteiger partial charge in [0.15, 0.2) is 0 Å². The van der Waals surface area contributed by atoms with Crippen LogP contribution in [-0.4, -0.2) is 11.8 Å². The van der Waals surface area contributed by atoms with Crippen molar-refractivity contribution in [1.82, 2.24) is 5.32 Å². The summed E-state index contributed by atoms with van der Waals surface area (Å²) in [5.74, 6) is -1.09. The smallest absolute Gasteiger partial charge is 0.244 e. The van der Waals surface area contributed by atoms with Crippen LogP contribution >= 0.6 is 23.2 Å². The molecule has 0 saturated heterocycles. The Morgan fingerprint density at radius 2 is 1.78 bits per heavy atom. The molecule has 0 radical (unpaired) electrons. The van der Waals surface area contributed by atoms with Crippen molar-refractivity contribution in [3.05, 3.63) is 75.8 Å². The van der Waals surface area contributed by atoms with Gasteiger partial charge < -0.3 is 11.1 Å². The van der Waals surface area contributed by atoms with Crippen LogP contribution in [0, 0.1) is 0 Å². The van der Waals surface area contributed by atoms with Gasteiger partial charge in [0, 0.05) is 16.1 Å². The summed E-state index contributed by atoms with van der Waals surface area (Å²) in [7, 11) is 0. The Bertz CT molecular complexity index is 746. The van der Waals surface area contributed by atoms with Crippen LogP contribution in [0.2, 0.25) is 10.0 Å². The first-order chi connectivity index (χ1) is 11.0. The third-order valence-corrected chi connectivity index (χ3v) is 3.64. The molecule has 6 heteroatoms. The summed E-state index contributed by atoms with van der Waals surface area (Å²) in [6, 6.07) is 12.8. The van der Waals surface area contributed by atoms with Crippen molar-refractivity contribution < 1.29 is 9.59 Å². The Morgan fingerprint density at radius 3 is 2.39 bits per heavy atom. The van der Waals surface area contributed by atoms with Gasteiger partial charge in [-0.2, -0.15) is 0 Å². The summed E-state index contributed by atoms with van der Waals surface area (Å²) in [6.45, 7) is 0. The molecule has 0 saturated carbocycles. The normalized spacial score (nSPS) is 12.1. The largest absolute Gasteiger partial charge is 0.368 e. The number of hydrogen-bond donors (Lipinski definition) is 2.